The summed E-state index contributed by atoms with van der Waals surface area (Å²) in [5.74, 6) is -0.261. The van der Waals surface area contributed by atoms with E-state index in [1.165, 1.54) is 0 Å². The highest BCUT2D eigenvalue weighted by molar-refractivity contribution is 5.74. The van der Waals surface area contributed by atoms with Crippen molar-refractivity contribution in [1.29, 1.82) is 0 Å². The zero-order valence-electron chi connectivity index (χ0n) is 11.4. The first-order chi connectivity index (χ1) is 8.67. The van der Waals surface area contributed by atoms with Crippen molar-refractivity contribution in [3.63, 3.8) is 0 Å². The van der Waals surface area contributed by atoms with Gasteiger partial charge < -0.3 is 9.47 Å². The Morgan fingerprint density at radius 2 is 1.83 bits per heavy atom. The molecule has 0 aromatic heterocycles. The highest BCUT2D eigenvalue weighted by Gasteiger charge is 2.20. The third-order valence-corrected chi connectivity index (χ3v) is 2.82. The molecule has 18 heavy (non-hydrogen) atoms. The standard InChI is InChI=1S/C15H22O3/c1-4-12(3)18-15(16)14(5-2)17-11-13-9-7-6-8-10-13/h6-10,12,14H,4-5,11H2,1-3H3. The van der Waals surface area contributed by atoms with Crippen LogP contribution in [-0.2, 0) is 20.9 Å². The second-order valence-electron chi connectivity index (χ2n) is 4.35. The number of hydrogen-bond acceptors (Lipinski definition) is 3. The molecule has 0 N–H and O–H groups in total. The van der Waals surface area contributed by atoms with Gasteiger partial charge in [0.2, 0.25) is 0 Å². The fraction of sp³-hybridized carbons (Fsp3) is 0.533. The lowest BCUT2D eigenvalue weighted by Crippen LogP contribution is -2.28. The van der Waals surface area contributed by atoms with Gasteiger partial charge in [-0.1, -0.05) is 44.2 Å². The van der Waals surface area contributed by atoms with Gasteiger partial charge in [-0.05, 0) is 25.3 Å². The molecule has 0 heterocycles. The van der Waals surface area contributed by atoms with Gasteiger partial charge in [-0.15, -0.1) is 0 Å². The van der Waals surface area contributed by atoms with Crippen LogP contribution in [0.3, 0.4) is 0 Å². The molecule has 0 spiro atoms. The van der Waals surface area contributed by atoms with Crippen LogP contribution in [0.5, 0.6) is 0 Å². The molecule has 0 fully saturated rings. The Hall–Kier alpha value is -1.35. The van der Waals surface area contributed by atoms with E-state index in [4.69, 9.17) is 9.47 Å². The van der Waals surface area contributed by atoms with Gasteiger partial charge >= 0.3 is 5.97 Å². The lowest BCUT2D eigenvalue weighted by molar-refractivity contribution is -0.163. The molecule has 3 heteroatoms. The normalized spacial score (nSPS) is 13.9. The van der Waals surface area contributed by atoms with E-state index in [1.54, 1.807) is 0 Å². The molecule has 0 aliphatic rings. The first-order valence-electron chi connectivity index (χ1n) is 6.53. The van der Waals surface area contributed by atoms with Crippen molar-refractivity contribution in [2.45, 2.75) is 52.4 Å². The third kappa shape index (κ3) is 4.88. The van der Waals surface area contributed by atoms with Crippen molar-refractivity contribution in [3.8, 4) is 0 Å². The minimum atomic E-state index is -0.473. The third-order valence-electron chi connectivity index (χ3n) is 2.82. The highest BCUT2D eigenvalue weighted by atomic mass is 16.6. The first-order valence-corrected chi connectivity index (χ1v) is 6.53. The fourth-order valence-corrected chi connectivity index (χ4v) is 1.48. The molecule has 2 atom stereocenters. The van der Waals surface area contributed by atoms with Gasteiger partial charge in [-0.25, -0.2) is 4.79 Å². The van der Waals surface area contributed by atoms with Crippen molar-refractivity contribution in [1.82, 2.24) is 0 Å². The largest absolute Gasteiger partial charge is 0.461 e. The molecule has 2 unspecified atom stereocenters. The van der Waals surface area contributed by atoms with Gasteiger partial charge in [0, 0.05) is 0 Å². The predicted octanol–water partition coefficient (Wildman–Crippen LogP) is 3.32. The summed E-state index contributed by atoms with van der Waals surface area (Å²) in [4.78, 5) is 11.8. The van der Waals surface area contributed by atoms with Crippen molar-refractivity contribution in [3.05, 3.63) is 35.9 Å². The molecule has 0 saturated carbocycles. The molecule has 1 rings (SSSR count). The van der Waals surface area contributed by atoms with Crippen LogP contribution in [0, 0.1) is 0 Å². The number of carbonyl (C=O) groups excluding carboxylic acids is 1. The van der Waals surface area contributed by atoms with Crippen LogP contribution in [-0.4, -0.2) is 18.2 Å². The number of esters is 1. The molecule has 100 valence electrons. The fourth-order valence-electron chi connectivity index (χ4n) is 1.48. The number of hydrogen-bond donors (Lipinski definition) is 0. The van der Waals surface area contributed by atoms with E-state index in [-0.39, 0.29) is 12.1 Å². The Morgan fingerprint density at radius 1 is 1.17 bits per heavy atom. The Kier molecular flexibility index (Phi) is 6.44. The molecule has 0 radical (unpaired) electrons. The Bertz CT molecular complexity index is 348. The first kappa shape index (κ1) is 14.7. The molecule has 1 aromatic rings. The summed E-state index contributed by atoms with van der Waals surface area (Å²) in [6.45, 7) is 6.24. The zero-order valence-corrected chi connectivity index (χ0v) is 11.4. The molecule has 0 aliphatic heterocycles. The molecule has 0 aliphatic carbocycles. The second-order valence-corrected chi connectivity index (χ2v) is 4.35. The lowest BCUT2D eigenvalue weighted by Gasteiger charge is -2.18. The van der Waals surface area contributed by atoms with Crippen molar-refractivity contribution in [2.75, 3.05) is 0 Å². The quantitative estimate of drug-likeness (QED) is 0.696. The smallest absolute Gasteiger partial charge is 0.335 e. The molecular weight excluding hydrogens is 228 g/mol. The van der Waals surface area contributed by atoms with Crippen LogP contribution in [0.15, 0.2) is 30.3 Å². The minimum absolute atomic E-state index is 0.0492. The Morgan fingerprint density at radius 3 is 2.39 bits per heavy atom. The average molecular weight is 250 g/mol. The van der Waals surface area contributed by atoms with Gasteiger partial charge in [0.1, 0.15) is 0 Å². The lowest BCUT2D eigenvalue weighted by atomic mass is 10.2. The van der Waals surface area contributed by atoms with Crippen molar-refractivity contribution >= 4 is 5.97 Å². The maximum absolute atomic E-state index is 11.8. The predicted molar refractivity (Wildman–Crippen MR) is 71.2 cm³/mol. The van der Waals surface area contributed by atoms with E-state index < -0.39 is 6.10 Å². The van der Waals surface area contributed by atoms with Gasteiger partial charge in [0.15, 0.2) is 6.10 Å². The second kappa shape index (κ2) is 7.88. The van der Waals surface area contributed by atoms with Gasteiger partial charge in [0.05, 0.1) is 12.7 Å². The van der Waals surface area contributed by atoms with E-state index in [9.17, 15) is 4.79 Å². The number of ether oxygens (including phenoxy) is 2. The summed E-state index contributed by atoms with van der Waals surface area (Å²) in [7, 11) is 0. The number of carbonyl (C=O) groups is 1. The van der Waals surface area contributed by atoms with Crippen molar-refractivity contribution in [2.24, 2.45) is 0 Å². The summed E-state index contributed by atoms with van der Waals surface area (Å²) >= 11 is 0. The van der Waals surface area contributed by atoms with Gasteiger partial charge in [0.25, 0.3) is 0 Å². The molecular formula is C15H22O3. The van der Waals surface area contributed by atoms with Crippen LogP contribution in [0.25, 0.3) is 0 Å². The maximum Gasteiger partial charge on any atom is 0.335 e. The van der Waals surface area contributed by atoms with E-state index >= 15 is 0 Å². The molecule has 0 bridgehead atoms. The number of benzene rings is 1. The van der Waals surface area contributed by atoms with E-state index in [2.05, 4.69) is 0 Å². The van der Waals surface area contributed by atoms with Crippen LogP contribution in [0.1, 0.15) is 39.2 Å². The molecule has 0 saturated heterocycles. The monoisotopic (exact) mass is 250 g/mol. The van der Waals surface area contributed by atoms with E-state index in [0.717, 1.165) is 12.0 Å². The van der Waals surface area contributed by atoms with E-state index in [1.807, 2.05) is 51.1 Å². The van der Waals surface area contributed by atoms with Gasteiger partial charge in [-0.2, -0.15) is 0 Å². The zero-order chi connectivity index (χ0) is 13.4. The average Bonchev–Trinajstić information content (AvgIpc) is 2.40. The maximum atomic E-state index is 11.8. The minimum Gasteiger partial charge on any atom is -0.461 e. The number of rotatable bonds is 7. The van der Waals surface area contributed by atoms with Crippen molar-refractivity contribution < 1.29 is 14.3 Å². The van der Waals surface area contributed by atoms with Crippen LogP contribution < -0.4 is 0 Å². The Labute approximate surface area is 109 Å². The SMILES string of the molecule is CCC(C)OC(=O)C(CC)OCc1ccccc1. The highest BCUT2D eigenvalue weighted by Crippen LogP contribution is 2.09. The Balaban J connectivity index is 2.44. The molecule has 1 aromatic carbocycles. The van der Waals surface area contributed by atoms with Crippen LogP contribution >= 0.6 is 0 Å². The molecule has 3 nitrogen and oxygen atoms in total. The van der Waals surface area contributed by atoms with Crippen LogP contribution in [0.4, 0.5) is 0 Å². The topological polar surface area (TPSA) is 35.5 Å². The summed E-state index contributed by atoms with van der Waals surface area (Å²) in [5.41, 5.74) is 1.06. The summed E-state index contributed by atoms with van der Waals surface area (Å²) in [6, 6.07) is 9.83. The molecule has 0 amide bonds. The van der Waals surface area contributed by atoms with Crippen LogP contribution in [0.2, 0.25) is 0 Å². The van der Waals surface area contributed by atoms with Gasteiger partial charge in [-0.3, -0.25) is 0 Å². The van der Waals surface area contributed by atoms with E-state index in [0.29, 0.717) is 13.0 Å². The summed E-state index contributed by atoms with van der Waals surface area (Å²) in [5, 5.41) is 0. The summed E-state index contributed by atoms with van der Waals surface area (Å²) in [6.07, 6.45) is 0.925. The summed E-state index contributed by atoms with van der Waals surface area (Å²) < 4.78 is 10.9.